The van der Waals surface area contributed by atoms with Gasteiger partial charge < -0.3 is 4.74 Å². The van der Waals surface area contributed by atoms with E-state index >= 15 is 0 Å². The second-order valence-corrected chi connectivity index (χ2v) is 4.56. The van der Waals surface area contributed by atoms with Crippen LogP contribution in [0.1, 0.15) is 18.4 Å². The van der Waals surface area contributed by atoms with Crippen molar-refractivity contribution in [2.45, 2.75) is 18.4 Å². The molecule has 0 heterocycles. The second-order valence-electron chi connectivity index (χ2n) is 3.71. The third-order valence-corrected chi connectivity index (χ3v) is 3.30. The Bertz CT molecular complexity index is 479. The van der Waals surface area contributed by atoms with E-state index in [1.54, 1.807) is 12.1 Å². The summed E-state index contributed by atoms with van der Waals surface area (Å²) in [7, 11) is 1.51. The largest absolute Gasteiger partial charge is 0.497 e. The van der Waals surface area contributed by atoms with Gasteiger partial charge in [0.2, 0.25) is 6.08 Å². The van der Waals surface area contributed by atoms with E-state index in [1.165, 1.54) is 13.2 Å². The summed E-state index contributed by atoms with van der Waals surface area (Å²) in [6, 6.07) is 3.12. The molecule has 1 aromatic carbocycles. The van der Waals surface area contributed by atoms with E-state index in [4.69, 9.17) is 4.74 Å². The van der Waals surface area contributed by atoms with Crippen LogP contribution in [0.5, 0.6) is 5.75 Å². The lowest BCUT2D eigenvalue weighted by Gasteiger charge is -2.12. The van der Waals surface area contributed by atoms with Crippen molar-refractivity contribution in [1.29, 1.82) is 0 Å². The first-order chi connectivity index (χ1) is 7.63. The number of hydrogen-bond acceptors (Lipinski definition) is 3. The Morgan fingerprint density at radius 2 is 2.25 bits per heavy atom. The zero-order valence-electron chi connectivity index (χ0n) is 8.59. The van der Waals surface area contributed by atoms with Gasteiger partial charge in [0.15, 0.2) is 0 Å². The molecule has 0 amide bonds. The summed E-state index contributed by atoms with van der Waals surface area (Å²) < 4.78 is 19.3. The van der Waals surface area contributed by atoms with Gasteiger partial charge in [-0.15, -0.1) is 0 Å². The molecule has 0 radical (unpaired) electrons. The first-order valence-electron chi connectivity index (χ1n) is 4.75. The average Bonchev–Trinajstić information content (AvgIpc) is 3.03. The number of benzene rings is 1. The van der Waals surface area contributed by atoms with E-state index in [-0.39, 0.29) is 0 Å². The lowest BCUT2D eigenvalue weighted by atomic mass is 10.0. The number of rotatable bonds is 3. The van der Waals surface area contributed by atoms with Crippen molar-refractivity contribution in [3.05, 3.63) is 28.0 Å². The van der Waals surface area contributed by atoms with Gasteiger partial charge in [-0.25, -0.2) is 9.18 Å². The van der Waals surface area contributed by atoms with Gasteiger partial charge in [-0.2, -0.15) is 4.99 Å². The molecular weight excluding hydrogens is 277 g/mol. The Hall–Kier alpha value is -1.19. The van der Waals surface area contributed by atoms with Crippen LogP contribution in [-0.2, 0) is 10.3 Å². The number of isocyanates is 1. The van der Waals surface area contributed by atoms with E-state index < -0.39 is 11.4 Å². The molecule has 1 aliphatic carbocycles. The van der Waals surface area contributed by atoms with E-state index in [2.05, 4.69) is 20.9 Å². The van der Waals surface area contributed by atoms with Crippen LogP contribution in [0.3, 0.4) is 0 Å². The van der Waals surface area contributed by atoms with Crippen molar-refractivity contribution in [3.63, 3.8) is 0 Å². The van der Waals surface area contributed by atoms with E-state index in [0.717, 1.165) is 0 Å². The van der Waals surface area contributed by atoms with Crippen LogP contribution in [0.2, 0.25) is 0 Å². The van der Waals surface area contributed by atoms with Crippen LogP contribution < -0.4 is 4.74 Å². The first-order valence-corrected chi connectivity index (χ1v) is 5.55. The van der Waals surface area contributed by atoms with Crippen molar-refractivity contribution < 1.29 is 13.9 Å². The maximum atomic E-state index is 13.9. The van der Waals surface area contributed by atoms with Crippen molar-refractivity contribution in [1.82, 2.24) is 0 Å². The highest BCUT2D eigenvalue weighted by molar-refractivity contribution is 9.10. The van der Waals surface area contributed by atoms with Crippen LogP contribution in [-0.4, -0.2) is 13.2 Å². The zero-order valence-corrected chi connectivity index (χ0v) is 10.2. The van der Waals surface area contributed by atoms with Gasteiger partial charge in [-0.05, 0) is 40.9 Å². The maximum Gasteiger partial charge on any atom is 0.235 e. The molecule has 84 valence electrons. The molecule has 0 bridgehead atoms. The van der Waals surface area contributed by atoms with Crippen LogP contribution in [0.15, 0.2) is 21.6 Å². The summed E-state index contributed by atoms with van der Waals surface area (Å²) in [6.07, 6.45) is 2.84. The van der Waals surface area contributed by atoms with Gasteiger partial charge in [-0.1, -0.05) is 0 Å². The van der Waals surface area contributed by atoms with E-state index in [1.807, 2.05) is 0 Å². The molecule has 0 saturated heterocycles. The minimum absolute atomic E-state index is 0.314. The molecule has 0 spiro atoms. The molecule has 1 fully saturated rings. The molecule has 16 heavy (non-hydrogen) atoms. The average molecular weight is 286 g/mol. The van der Waals surface area contributed by atoms with Gasteiger partial charge in [-0.3, -0.25) is 0 Å². The van der Waals surface area contributed by atoms with Gasteiger partial charge in [0, 0.05) is 5.56 Å². The molecule has 3 nitrogen and oxygen atoms in total. The number of ether oxygens (including phenoxy) is 1. The summed E-state index contributed by atoms with van der Waals surface area (Å²) >= 11 is 3.11. The van der Waals surface area contributed by atoms with Gasteiger partial charge >= 0.3 is 0 Å². The normalized spacial score (nSPS) is 16.4. The van der Waals surface area contributed by atoms with Gasteiger partial charge in [0.25, 0.3) is 0 Å². The van der Waals surface area contributed by atoms with Crippen molar-refractivity contribution in [2.24, 2.45) is 4.99 Å². The standard InChI is InChI=1S/C11H9BrFNO2/c1-16-7-4-8(10(13)9(12)5-7)11(2-3-11)14-6-15/h4-5H,2-3H2,1H3. The van der Waals surface area contributed by atoms with E-state index in [0.29, 0.717) is 28.6 Å². The molecule has 1 aliphatic rings. The Balaban J connectivity index is 2.55. The van der Waals surface area contributed by atoms with Crippen molar-refractivity contribution >= 4 is 22.0 Å². The number of halogens is 2. The predicted octanol–water partition coefficient (Wildman–Crippen LogP) is 2.92. The quantitative estimate of drug-likeness (QED) is 0.633. The maximum absolute atomic E-state index is 13.9. The van der Waals surface area contributed by atoms with Crippen LogP contribution in [0.25, 0.3) is 0 Å². The highest BCUT2D eigenvalue weighted by Crippen LogP contribution is 2.51. The van der Waals surface area contributed by atoms with Crippen molar-refractivity contribution in [3.8, 4) is 5.75 Å². The summed E-state index contributed by atoms with van der Waals surface area (Å²) in [5.41, 5.74) is -0.329. The molecular formula is C11H9BrFNO2. The summed E-state index contributed by atoms with van der Waals surface area (Å²) in [4.78, 5) is 14.0. The van der Waals surface area contributed by atoms with E-state index in [9.17, 15) is 9.18 Å². The SMILES string of the molecule is COc1cc(Br)c(F)c(C2(N=C=O)CC2)c1. The molecule has 0 atom stereocenters. The van der Waals surface area contributed by atoms with Crippen molar-refractivity contribution in [2.75, 3.05) is 7.11 Å². The third kappa shape index (κ3) is 1.77. The fourth-order valence-electron chi connectivity index (χ4n) is 1.67. The van der Waals surface area contributed by atoms with Crippen LogP contribution in [0, 0.1) is 5.82 Å². The minimum atomic E-state index is -0.719. The van der Waals surface area contributed by atoms with Crippen LogP contribution in [0.4, 0.5) is 4.39 Å². The Labute approximate surface area is 100 Å². The third-order valence-electron chi connectivity index (χ3n) is 2.72. The smallest absolute Gasteiger partial charge is 0.235 e. The molecule has 1 aromatic rings. The number of aliphatic imine (C=N–C) groups is 1. The predicted molar refractivity (Wildman–Crippen MR) is 59.7 cm³/mol. The number of carbonyl (C=O) groups excluding carboxylic acids is 1. The number of methoxy groups -OCH3 is 1. The van der Waals surface area contributed by atoms with Crippen LogP contribution >= 0.6 is 15.9 Å². The molecule has 2 rings (SSSR count). The summed E-state index contributed by atoms with van der Waals surface area (Å²) in [5, 5.41) is 0. The molecule has 1 saturated carbocycles. The summed E-state index contributed by atoms with van der Waals surface area (Å²) in [5.74, 6) is 0.146. The molecule has 0 aliphatic heterocycles. The lowest BCUT2D eigenvalue weighted by molar-refractivity contribution is 0.411. The Kier molecular flexibility index (Phi) is 2.82. The lowest BCUT2D eigenvalue weighted by Crippen LogP contribution is -2.06. The van der Waals surface area contributed by atoms with Gasteiger partial charge in [0.1, 0.15) is 17.1 Å². The topological polar surface area (TPSA) is 38.7 Å². The Morgan fingerprint density at radius 3 is 2.75 bits per heavy atom. The minimum Gasteiger partial charge on any atom is -0.497 e. The monoisotopic (exact) mass is 285 g/mol. The second kappa shape index (κ2) is 4.00. The molecule has 0 aromatic heterocycles. The number of nitrogens with zero attached hydrogens (tertiary/aromatic N) is 1. The van der Waals surface area contributed by atoms with Gasteiger partial charge in [0.05, 0.1) is 11.6 Å². The summed E-state index contributed by atoms with van der Waals surface area (Å²) in [6.45, 7) is 0. The highest BCUT2D eigenvalue weighted by Gasteiger charge is 2.47. The zero-order chi connectivity index (χ0) is 11.8. The molecule has 0 unspecified atom stereocenters. The molecule has 0 N–H and O–H groups in total. The highest BCUT2D eigenvalue weighted by atomic mass is 79.9. The fraction of sp³-hybridized carbons (Fsp3) is 0.364. The fourth-order valence-corrected chi connectivity index (χ4v) is 2.11. The molecule has 5 heteroatoms. The Morgan fingerprint density at radius 1 is 1.56 bits per heavy atom. The first kappa shape index (κ1) is 11.3. The number of hydrogen-bond donors (Lipinski definition) is 0.